The molecule has 3 unspecified atom stereocenters. The van der Waals surface area contributed by atoms with Crippen molar-refractivity contribution in [1.29, 1.82) is 0 Å². The first kappa shape index (κ1) is 18.9. The summed E-state index contributed by atoms with van der Waals surface area (Å²) in [6, 6.07) is 8.31. The van der Waals surface area contributed by atoms with E-state index in [9.17, 15) is 9.90 Å². The van der Waals surface area contributed by atoms with Crippen LogP contribution in [0, 0.1) is 5.41 Å². The fraction of sp³-hybridized carbons (Fsp3) is 0.650. The van der Waals surface area contributed by atoms with Gasteiger partial charge in [-0.25, -0.2) is 0 Å². The summed E-state index contributed by atoms with van der Waals surface area (Å²) < 4.78 is -1.89. The van der Waals surface area contributed by atoms with E-state index in [1.165, 1.54) is 5.56 Å². The molecular weight excluding hydrogens is 393 g/mol. The summed E-state index contributed by atoms with van der Waals surface area (Å²) >= 11 is 18.6. The first-order valence-corrected chi connectivity index (χ1v) is 10.6. The molecule has 1 aromatic rings. The van der Waals surface area contributed by atoms with E-state index in [0.717, 1.165) is 56.9 Å². The molecule has 0 bridgehead atoms. The lowest BCUT2D eigenvalue weighted by Gasteiger charge is -2.68. The van der Waals surface area contributed by atoms with Crippen molar-refractivity contribution in [1.82, 2.24) is 0 Å². The molecule has 3 atom stereocenters. The van der Waals surface area contributed by atoms with Crippen molar-refractivity contribution >= 4 is 40.9 Å². The zero-order valence-corrected chi connectivity index (χ0v) is 17.0. The van der Waals surface area contributed by atoms with Gasteiger partial charge in [0.15, 0.2) is 0 Å². The number of piperidine rings is 1. The van der Waals surface area contributed by atoms with Gasteiger partial charge in [0.2, 0.25) is 3.79 Å². The number of carboxylic acid groups (broad SMARTS) is 1. The molecule has 1 saturated heterocycles. The van der Waals surface area contributed by atoms with Crippen molar-refractivity contribution in [2.24, 2.45) is 5.41 Å². The normalized spacial score (nSPS) is 36.6. The second kappa shape index (κ2) is 6.27. The smallest absolute Gasteiger partial charge is 0.258 e. The Morgan fingerprint density at radius 3 is 2.50 bits per heavy atom. The van der Waals surface area contributed by atoms with Gasteiger partial charge in [-0.2, -0.15) is 0 Å². The number of rotatable bonds is 1. The lowest BCUT2D eigenvalue weighted by molar-refractivity contribution is -0.951. The van der Waals surface area contributed by atoms with E-state index in [1.54, 1.807) is 0 Å². The Hall–Kier alpha value is -0.480. The molecular formula is C20H24Cl3NO2. The van der Waals surface area contributed by atoms with Crippen LogP contribution in [0.15, 0.2) is 24.3 Å². The zero-order valence-electron chi connectivity index (χ0n) is 14.8. The van der Waals surface area contributed by atoms with Crippen molar-refractivity contribution < 1.29 is 14.4 Å². The summed E-state index contributed by atoms with van der Waals surface area (Å²) in [4.78, 5) is 12.8. The van der Waals surface area contributed by atoms with E-state index in [0.29, 0.717) is 6.54 Å². The van der Waals surface area contributed by atoms with Crippen LogP contribution < -0.4 is 5.11 Å². The number of hydrogen-bond acceptors (Lipinski definition) is 2. The minimum Gasteiger partial charge on any atom is -0.498 e. The van der Waals surface area contributed by atoms with Gasteiger partial charge in [0.1, 0.15) is 12.1 Å². The number of aryl methyl sites for hydroxylation is 1. The lowest BCUT2D eigenvalue weighted by atomic mass is 9.48. The number of carbonyl (C=O) groups excluding carboxylic acids is 1. The van der Waals surface area contributed by atoms with E-state index in [4.69, 9.17) is 34.8 Å². The van der Waals surface area contributed by atoms with Crippen LogP contribution >= 0.6 is 34.8 Å². The molecule has 1 aromatic carbocycles. The number of benzene rings is 1. The molecule has 1 amide bonds. The number of alkyl halides is 3. The van der Waals surface area contributed by atoms with Crippen molar-refractivity contribution in [3.63, 3.8) is 0 Å². The predicted octanol–water partition coefficient (Wildman–Crippen LogP) is 4.71. The fourth-order valence-corrected chi connectivity index (χ4v) is 7.26. The van der Waals surface area contributed by atoms with Gasteiger partial charge in [-0.05, 0) is 44.1 Å². The van der Waals surface area contributed by atoms with Crippen molar-refractivity contribution in [2.75, 3.05) is 13.1 Å². The standard InChI is InChI=1S/C20H24Cl3NO2/c21-20(22,23)14-24(17(25)26)13-5-10-18-9-3-4-11-19(18,24)16-7-2-1-6-15(16)8-12-18/h1-2,6-7H,3-5,8-14H2. The number of amides is 1. The molecule has 4 rings (SSSR count). The molecule has 142 valence electrons. The monoisotopic (exact) mass is 415 g/mol. The highest BCUT2D eigenvalue weighted by atomic mass is 35.6. The summed E-state index contributed by atoms with van der Waals surface area (Å²) in [5.74, 6) is 0. The minimum atomic E-state index is -1.64. The van der Waals surface area contributed by atoms with E-state index in [-0.39, 0.29) is 16.4 Å². The average molecular weight is 417 g/mol. The number of likely N-dealkylation sites (tertiary alicyclic amines) is 1. The molecule has 6 heteroatoms. The molecule has 26 heavy (non-hydrogen) atoms. The van der Waals surface area contributed by atoms with Gasteiger partial charge in [-0.15, -0.1) is 0 Å². The quantitative estimate of drug-likeness (QED) is 0.491. The van der Waals surface area contributed by atoms with Crippen LogP contribution in [0.5, 0.6) is 0 Å². The second-order valence-corrected chi connectivity index (χ2v) is 10.9. The summed E-state index contributed by atoms with van der Waals surface area (Å²) in [5, 5.41) is 12.8. The van der Waals surface area contributed by atoms with Crippen molar-refractivity contribution in [3.8, 4) is 0 Å². The molecule has 0 N–H and O–H groups in total. The van der Waals surface area contributed by atoms with Crippen LogP contribution in [0.3, 0.4) is 0 Å². The molecule has 0 spiro atoms. The predicted molar refractivity (Wildman–Crippen MR) is 102 cm³/mol. The molecule has 2 aliphatic carbocycles. The maximum absolute atomic E-state index is 12.8. The SMILES string of the molecule is O=C([O-])[N+]1(CC(Cl)(Cl)Cl)CCCC23CCCCC21c1ccccc1CC3. The molecule has 2 fully saturated rings. The molecule has 1 heterocycles. The highest BCUT2D eigenvalue weighted by molar-refractivity contribution is 6.67. The van der Waals surface area contributed by atoms with Gasteiger partial charge in [0, 0.05) is 17.4 Å². The highest BCUT2D eigenvalue weighted by Crippen LogP contribution is 2.66. The number of quaternary nitrogens is 1. The first-order valence-electron chi connectivity index (χ1n) is 9.50. The highest BCUT2D eigenvalue weighted by Gasteiger charge is 2.70. The number of hydrogen-bond donors (Lipinski definition) is 0. The van der Waals surface area contributed by atoms with Gasteiger partial charge >= 0.3 is 0 Å². The number of halogens is 3. The van der Waals surface area contributed by atoms with Crippen LogP contribution in [-0.4, -0.2) is 27.5 Å². The van der Waals surface area contributed by atoms with Gasteiger partial charge in [0.25, 0.3) is 6.09 Å². The van der Waals surface area contributed by atoms with Crippen LogP contribution in [-0.2, 0) is 12.0 Å². The minimum absolute atomic E-state index is 0.0456. The summed E-state index contributed by atoms with van der Waals surface area (Å²) in [6.45, 7) is 0.419. The third-order valence-corrected chi connectivity index (χ3v) is 7.74. The fourth-order valence-electron chi connectivity index (χ4n) is 6.65. The maximum atomic E-state index is 12.8. The molecule has 3 aliphatic rings. The van der Waals surface area contributed by atoms with E-state index in [2.05, 4.69) is 12.1 Å². The van der Waals surface area contributed by atoms with Crippen LogP contribution in [0.4, 0.5) is 4.79 Å². The molecule has 3 nitrogen and oxygen atoms in total. The Bertz CT molecular complexity index is 730. The van der Waals surface area contributed by atoms with Gasteiger partial charge < -0.3 is 9.90 Å². The Labute approximate surface area is 169 Å². The largest absolute Gasteiger partial charge is 0.498 e. The van der Waals surface area contributed by atoms with Gasteiger partial charge in [-0.3, -0.25) is 4.48 Å². The third kappa shape index (κ3) is 2.47. The van der Waals surface area contributed by atoms with Crippen molar-refractivity contribution in [3.05, 3.63) is 35.4 Å². The lowest BCUT2D eigenvalue weighted by Crippen LogP contribution is -2.79. The topological polar surface area (TPSA) is 40.1 Å². The van der Waals surface area contributed by atoms with Crippen LogP contribution in [0.1, 0.15) is 56.1 Å². The van der Waals surface area contributed by atoms with Crippen LogP contribution in [0.25, 0.3) is 0 Å². The Balaban J connectivity index is 2.02. The van der Waals surface area contributed by atoms with E-state index < -0.39 is 15.4 Å². The number of fused-ring (bicyclic) bond motifs is 1. The average Bonchev–Trinajstić information content (AvgIpc) is 2.59. The summed E-state index contributed by atoms with van der Waals surface area (Å²) in [7, 11) is 0. The van der Waals surface area contributed by atoms with Crippen molar-refractivity contribution in [2.45, 2.75) is 60.7 Å². The second-order valence-electron chi connectivity index (χ2n) is 8.34. The molecule has 0 radical (unpaired) electrons. The Morgan fingerprint density at radius 1 is 1.08 bits per heavy atom. The first-order chi connectivity index (χ1) is 12.3. The van der Waals surface area contributed by atoms with E-state index >= 15 is 0 Å². The summed E-state index contributed by atoms with van der Waals surface area (Å²) in [6.07, 6.45) is 6.81. The Morgan fingerprint density at radius 2 is 1.77 bits per heavy atom. The molecule has 1 saturated carbocycles. The molecule has 0 aromatic heterocycles. The van der Waals surface area contributed by atoms with Gasteiger partial charge in [0.05, 0.1) is 6.54 Å². The van der Waals surface area contributed by atoms with E-state index in [1.807, 2.05) is 12.1 Å². The number of nitrogens with zero attached hydrogens (tertiary/aromatic N) is 1. The maximum Gasteiger partial charge on any atom is 0.258 e. The zero-order chi connectivity index (χ0) is 18.6. The number of carbonyl (C=O) groups is 1. The Kier molecular flexibility index (Phi) is 4.55. The van der Waals surface area contributed by atoms with Gasteiger partial charge in [-0.1, -0.05) is 65.5 Å². The van der Waals surface area contributed by atoms with Crippen LogP contribution in [0.2, 0.25) is 0 Å². The molecule has 1 aliphatic heterocycles. The summed E-state index contributed by atoms with van der Waals surface area (Å²) in [5.41, 5.74) is 1.80. The third-order valence-electron chi connectivity index (χ3n) is 7.38.